The Morgan fingerprint density at radius 2 is 2.00 bits per heavy atom. The van der Waals surface area contributed by atoms with Crippen molar-refractivity contribution >= 4 is 34.8 Å². The second-order valence-corrected chi connectivity index (χ2v) is 12.0. The van der Waals surface area contributed by atoms with Gasteiger partial charge in [-0.3, -0.25) is 9.59 Å². The van der Waals surface area contributed by atoms with Crippen LogP contribution < -0.4 is 4.74 Å². The third-order valence-corrected chi connectivity index (χ3v) is 8.73. The topological polar surface area (TPSA) is 59.1 Å². The molecular formula is C31H35ClN2O4S. The van der Waals surface area contributed by atoms with Gasteiger partial charge < -0.3 is 19.3 Å². The Kier molecular flexibility index (Phi) is 8.90. The number of halogens is 1. The molecule has 0 unspecified atom stereocenters. The molecule has 8 heteroatoms. The molecule has 1 saturated heterocycles. The molecule has 1 aromatic heterocycles. The van der Waals surface area contributed by atoms with Crippen LogP contribution in [0.15, 0.2) is 60.0 Å². The molecule has 0 bridgehead atoms. The van der Waals surface area contributed by atoms with Crippen molar-refractivity contribution in [1.82, 2.24) is 9.80 Å². The molecule has 3 heterocycles. The van der Waals surface area contributed by atoms with Crippen LogP contribution in [0.5, 0.6) is 5.75 Å². The van der Waals surface area contributed by atoms with Crippen LogP contribution in [0.25, 0.3) is 0 Å². The summed E-state index contributed by atoms with van der Waals surface area (Å²) in [5.74, 6) is 0.924. The lowest BCUT2D eigenvalue weighted by Crippen LogP contribution is -2.49. The fourth-order valence-corrected chi connectivity index (χ4v) is 6.43. The van der Waals surface area contributed by atoms with Gasteiger partial charge in [-0.15, -0.1) is 11.3 Å². The van der Waals surface area contributed by atoms with Crippen molar-refractivity contribution in [2.75, 3.05) is 32.8 Å². The highest BCUT2D eigenvalue weighted by Crippen LogP contribution is 2.34. The van der Waals surface area contributed by atoms with Crippen molar-refractivity contribution in [3.8, 4) is 5.75 Å². The average molecular weight is 567 g/mol. The molecule has 2 aromatic carbocycles. The van der Waals surface area contributed by atoms with Crippen molar-refractivity contribution in [2.24, 2.45) is 0 Å². The third-order valence-electron chi connectivity index (χ3n) is 7.50. The van der Waals surface area contributed by atoms with E-state index in [1.165, 1.54) is 10.4 Å². The van der Waals surface area contributed by atoms with Crippen LogP contribution in [0.4, 0.5) is 0 Å². The van der Waals surface area contributed by atoms with Gasteiger partial charge in [0.15, 0.2) is 0 Å². The van der Waals surface area contributed by atoms with Crippen molar-refractivity contribution in [3.05, 3.63) is 86.6 Å². The van der Waals surface area contributed by atoms with Gasteiger partial charge in [0.2, 0.25) is 5.91 Å². The lowest BCUT2D eigenvalue weighted by atomic mass is 10.00. The largest absolute Gasteiger partial charge is 0.491 e. The van der Waals surface area contributed by atoms with Crippen molar-refractivity contribution in [2.45, 2.75) is 51.2 Å². The molecular weight excluding hydrogens is 532 g/mol. The zero-order valence-electron chi connectivity index (χ0n) is 22.5. The first-order chi connectivity index (χ1) is 18.9. The molecule has 0 aliphatic carbocycles. The summed E-state index contributed by atoms with van der Waals surface area (Å²) in [7, 11) is 0. The molecule has 206 valence electrons. The van der Waals surface area contributed by atoms with E-state index in [4.69, 9.17) is 21.1 Å². The summed E-state index contributed by atoms with van der Waals surface area (Å²) >= 11 is 7.89. The molecule has 0 radical (unpaired) electrons. The van der Waals surface area contributed by atoms with E-state index in [0.717, 1.165) is 30.6 Å². The molecule has 2 aliphatic heterocycles. The molecule has 3 aromatic rings. The molecule has 0 spiro atoms. The van der Waals surface area contributed by atoms with Crippen LogP contribution in [0, 0.1) is 0 Å². The normalized spacial score (nSPS) is 18.7. The average Bonchev–Trinajstić information content (AvgIpc) is 3.63. The van der Waals surface area contributed by atoms with Crippen LogP contribution >= 0.6 is 22.9 Å². The van der Waals surface area contributed by atoms with Gasteiger partial charge in [0.05, 0.1) is 12.1 Å². The first kappa shape index (κ1) is 27.7. The van der Waals surface area contributed by atoms with Crippen molar-refractivity contribution < 1.29 is 19.1 Å². The van der Waals surface area contributed by atoms with E-state index < -0.39 is 0 Å². The number of thiophene rings is 1. The fraction of sp³-hybridized carbons (Fsp3) is 0.419. The maximum Gasteiger partial charge on any atom is 0.254 e. The molecule has 0 saturated carbocycles. The van der Waals surface area contributed by atoms with Gasteiger partial charge in [-0.1, -0.05) is 43.6 Å². The first-order valence-electron chi connectivity index (χ1n) is 13.6. The number of hydrogen-bond acceptors (Lipinski definition) is 5. The van der Waals surface area contributed by atoms with Crippen molar-refractivity contribution in [3.63, 3.8) is 0 Å². The van der Waals surface area contributed by atoms with Gasteiger partial charge in [-0.05, 0) is 78.1 Å². The summed E-state index contributed by atoms with van der Waals surface area (Å²) in [4.78, 5) is 32.2. The Morgan fingerprint density at radius 3 is 2.72 bits per heavy atom. The molecule has 5 rings (SSSR count). The zero-order chi connectivity index (χ0) is 27.4. The van der Waals surface area contributed by atoms with Gasteiger partial charge in [0.1, 0.15) is 18.9 Å². The maximum atomic E-state index is 13.9. The highest BCUT2D eigenvalue weighted by Gasteiger charge is 2.34. The Morgan fingerprint density at radius 1 is 1.18 bits per heavy atom. The number of carbonyl (C=O) groups excluding carboxylic acids is 2. The van der Waals surface area contributed by atoms with E-state index in [-0.39, 0.29) is 30.5 Å². The van der Waals surface area contributed by atoms with E-state index in [2.05, 4.69) is 37.4 Å². The van der Waals surface area contributed by atoms with E-state index in [9.17, 15) is 9.59 Å². The minimum Gasteiger partial charge on any atom is -0.491 e. The number of carbonyl (C=O) groups is 2. The molecule has 6 nitrogen and oxygen atoms in total. The summed E-state index contributed by atoms with van der Waals surface area (Å²) in [5.41, 5.74) is 2.86. The molecule has 1 fully saturated rings. The predicted octanol–water partition coefficient (Wildman–Crippen LogP) is 6.35. The fourth-order valence-electron chi connectivity index (χ4n) is 5.31. The molecule has 2 atom stereocenters. The van der Waals surface area contributed by atoms with E-state index in [0.29, 0.717) is 42.8 Å². The molecule has 2 amide bonds. The summed E-state index contributed by atoms with van der Waals surface area (Å²) in [6.07, 6.45) is 2.56. The number of ether oxygens (including phenoxy) is 2. The summed E-state index contributed by atoms with van der Waals surface area (Å²) in [5, 5.41) is 2.57. The Hall–Kier alpha value is -2.87. The summed E-state index contributed by atoms with van der Waals surface area (Å²) in [6.45, 7) is 6.30. The van der Waals surface area contributed by atoms with E-state index >= 15 is 0 Å². The van der Waals surface area contributed by atoms with Crippen LogP contribution in [0.3, 0.4) is 0 Å². The highest BCUT2D eigenvalue weighted by molar-refractivity contribution is 7.10. The highest BCUT2D eigenvalue weighted by atomic mass is 35.5. The third kappa shape index (κ3) is 6.65. The number of amides is 2. The van der Waals surface area contributed by atoms with Crippen LogP contribution in [0.1, 0.15) is 65.0 Å². The van der Waals surface area contributed by atoms with Crippen molar-refractivity contribution in [1.29, 1.82) is 0 Å². The number of fused-ring (bicyclic) bond motifs is 1. The Balaban J connectivity index is 1.34. The second-order valence-electron chi connectivity index (χ2n) is 10.5. The standard InChI is InChI=1S/C31H35ClN2O4S/c1-21(2)22-8-10-25(11-9-22)38-20-28-27-13-16-39-29(27)12-14-34(28)30(35)19-33(18-26-7-4-15-37-26)31(36)23-5-3-6-24(32)17-23/h3,5-6,8-11,13,16-17,21,26,28H,4,7,12,14-15,18-20H2,1-2H3/t26-,28-/m1/s1. The number of nitrogens with zero attached hydrogens (tertiary/aromatic N) is 2. The lowest BCUT2D eigenvalue weighted by Gasteiger charge is -2.37. The molecule has 0 N–H and O–H groups in total. The van der Waals surface area contributed by atoms with Gasteiger partial charge in [-0.2, -0.15) is 0 Å². The predicted molar refractivity (Wildman–Crippen MR) is 155 cm³/mol. The van der Waals surface area contributed by atoms with Crippen LogP contribution in [-0.2, 0) is 16.0 Å². The van der Waals surface area contributed by atoms with Crippen LogP contribution in [0.2, 0.25) is 5.02 Å². The lowest BCUT2D eigenvalue weighted by molar-refractivity contribution is -0.135. The van der Waals surface area contributed by atoms with Crippen LogP contribution in [-0.4, -0.2) is 60.6 Å². The van der Waals surface area contributed by atoms with E-state index in [1.54, 1.807) is 40.5 Å². The maximum absolute atomic E-state index is 13.9. The van der Waals surface area contributed by atoms with Gasteiger partial charge in [-0.25, -0.2) is 0 Å². The zero-order valence-corrected chi connectivity index (χ0v) is 24.0. The first-order valence-corrected chi connectivity index (χ1v) is 14.9. The minimum atomic E-state index is -0.219. The van der Waals surface area contributed by atoms with Gasteiger partial charge in [0, 0.05) is 35.2 Å². The summed E-state index contributed by atoms with van der Waals surface area (Å²) in [6, 6.07) is 16.9. The Bertz CT molecular complexity index is 1290. The van der Waals surface area contributed by atoms with Gasteiger partial charge >= 0.3 is 0 Å². The monoisotopic (exact) mass is 566 g/mol. The number of rotatable bonds is 9. The molecule has 2 aliphatic rings. The number of hydrogen-bond donors (Lipinski definition) is 0. The minimum absolute atomic E-state index is 0.0235. The second kappa shape index (κ2) is 12.5. The van der Waals surface area contributed by atoms with Gasteiger partial charge in [0.25, 0.3) is 5.91 Å². The molecule has 39 heavy (non-hydrogen) atoms. The number of benzene rings is 2. The smallest absolute Gasteiger partial charge is 0.254 e. The quantitative estimate of drug-likeness (QED) is 0.303. The summed E-state index contributed by atoms with van der Waals surface area (Å²) < 4.78 is 12.0. The SMILES string of the molecule is CC(C)c1ccc(OC[C@@H]2c3ccsc3CCN2C(=O)CN(C[C@H]2CCCO2)C(=O)c2cccc(Cl)c2)cc1. The Labute approximate surface area is 239 Å². The van der Waals surface area contributed by atoms with E-state index in [1.807, 2.05) is 17.0 Å².